The average molecular weight is 368 g/mol. The van der Waals surface area contributed by atoms with E-state index < -0.39 is 10.0 Å². The molecule has 7 heteroatoms. The van der Waals surface area contributed by atoms with Gasteiger partial charge in [-0.1, -0.05) is 19.9 Å². The zero-order valence-corrected chi connectivity index (χ0v) is 16.5. The summed E-state index contributed by atoms with van der Waals surface area (Å²) in [6.07, 6.45) is 1.19. The van der Waals surface area contributed by atoms with Gasteiger partial charge in [-0.25, -0.2) is 12.7 Å². The second-order valence-electron chi connectivity index (χ2n) is 7.38. The van der Waals surface area contributed by atoms with E-state index in [9.17, 15) is 13.2 Å². The highest BCUT2D eigenvalue weighted by molar-refractivity contribution is 7.89. The van der Waals surface area contributed by atoms with E-state index in [1.54, 1.807) is 12.1 Å². The Kier molecular flexibility index (Phi) is 6.24. The minimum atomic E-state index is -3.52. The monoisotopic (exact) mass is 367 g/mol. The van der Waals surface area contributed by atoms with Crippen LogP contribution in [0, 0.1) is 11.8 Å². The van der Waals surface area contributed by atoms with Crippen molar-refractivity contribution in [3.05, 3.63) is 24.3 Å². The Bertz CT molecular complexity index is 708. The van der Waals surface area contributed by atoms with Gasteiger partial charge in [0.1, 0.15) is 0 Å². The van der Waals surface area contributed by atoms with Crippen LogP contribution in [0.1, 0.15) is 27.2 Å². The number of amides is 1. The molecule has 6 nitrogen and oxygen atoms in total. The Labute approximate surface area is 151 Å². The molecule has 2 rings (SSSR count). The maximum Gasteiger partial charge on any atom is 0.242 e. The summed E-state index contributed by atoms with van der Waals surface area (Å²) in [7, 11) is -0.544. The third kappa shape index (κ3) is 4.80. The fraction of sp³-hybridized carbons (Fsp3) is 0.611. The average Bonchev–Trinajstić information content (AvgIpc) is 2.53. The first kappa shape index (κ1) is 19.9. The molecule has 0 saturated carbocycles. The number of nitrogens with zero attached hydrogens (tertiary/aromatic N) is 2. The summed E-state index contributed by atoms with van der Waals surface area (Å²) >= 11 is 0. The van der Waals surface area contributed by atoms with Gasteiger partial charge in [-0.15, -0.1) is 0 Å². The van der Waals surface area contributed by atoms with Crippen molar-refractivity contribution in [2.45, 2.75) is 38.1 Å². The predicted octanol–water partition coefficient (Wildman–Crippen LogP) is 2.24. The van der Waals surface area contributed by atoms with Crippen molar-refractivity contribution >= 4 is 21.6 Å². The van der Waals surface area contributed by atoms with Crippen LogP contribution in [0.4, 0.5) is 5.69 Å². The molecule has 25 heavy (non-hydrogen) atoms. The molecule has 0 bridgehead atoms. The predicted molar refractivity (Wildman–Crippen MR) is 99.9 cm³/mol. The topological polar surface area (TPSA) is 69.7 Å². The summed E-state index contributed by atoms with van der Waals surface area (Å²) in [5, 5.41) is 2.86. The normalized spacial score (nSPS) is 23.4. The molecule has 0 aromatic heterocycles. The first-order valence-electron chi connectivity index (χ1n) is 8.68. The molecule has 1 saturated heterocycles. The quantitative estimate of drug-likeness (QED) is 0.866. The SMILES string of the molecule is C[C@@H]1C[C@H](C)CN([C@H](C)C(=O)Nc2cccc(S(=O)(=O)N(C)C)c2)C1. The van der Waals surface area contributed by atoms with Crippen LogP contribution in [-0.2, 0) is 14.8 Å². The number of sulfonamides is 1. The van der Waals surface area contributed by atoms with E-state index in [1.165, 1.54) is 32.6 Å². The maximum absolute atomic E-state index is 12.6. The second kappa shape index (κ2) is 7.85. The van der Waals surface area contributed by atoms with Crippen LogP contribution in [0.15, 0.2) is 29.2 Å². The summed E-state index contributed by atoms with van der Waals surface area (Å²) in [6, 6.07) is 6.13. The van der Waals surface area contributed by atoms with Crippen LogP contribution >= 0.6 is 0 Å². The summed E-state index contributed by atoms with van der Waals surface area (Å²) in [6.45, 7) is 8.15. The van der Waals surface area contributed by atoms with Gasteiger partial charge in [0.05, 0.1) is 10.9 Å². The molecule has 0 aliphatic carbocycles. The Morgan fingerprint density at radius 3 is 2.40 bits per heavy atom. The number of rotatable bonds is 5. The van der Waals surface area contributed by atoms with E-state index in [0.29, 0.717) is 17.5 Å². The largest absolute Gasteiger partial charge is 0.325 e. The number of carbonyl (C=O) groups excluding carboxylic acids is 1. The van der Waals surface area contributed by atoms with Crippen molar-refractivity contribution in [1.82, 2.24) is 9.21 Å². The molecule has 0 unspecified atom stereocenters. The molecule has 140 valence electrons. The molecule has 1 amide bonds. The van der Waals surface area contributed by atoms with Gasteiger partial charge >= 0.3 is 0 Å². The van der Waals surface area contributed by atoms with Crippen LogP contribution < -0.4 is 5.32 Å². The highest BCUT2D eigenvalue weighted by Gasteiger charge is 2.29. The molecule has 1 aromatic rings. The number of benzene rings is 1. The van der Waals surface area contributed by atoms with Gasteiger partial charge in [0.2, 0.25) is 15.9 Å². The lowest BCUT2D eigenvalue weighted by molar-refractivity contribution is -0.121. The molecule has 1 aliphatic rings. The minimum Gasteiger partial charge on any atom is -0.325 e. The standard InChI is InChI=1S/C18H29N3O3S/c1-13-9-14(2)12-21(11-13)15(3)18(22)19-16-7-6-8-17(10-16)25(23,24)20(4)5/h6-8,10,13-15H,9,11-12H2,1-5H3,(H,19,22)/t13-,14+,15-/m1/s1. The van der Waals surface area contributed by atoms with E-state index in [0.717, 1.165) is 17.4 Å². The van der Waals surface area contributed by atoms with Gasteiger partial charge in [0.15, 0.2) is 0 Å². The molecule has 3 atom stereocenters. The Balaban J connectivity index is 2.10. The number of anilines is 1. The maximum atomic E-state index is 12.6. The molecule has 1 aromatic carbocycles. The lowest BCUT2D eigenvalue weighted by Crippen LogP contribution is -2.48. The van der Waals surface area contributed by atoms with Crippen molar-refractivity contribution < 1.29 is 13.2 Å². The first-order chi connectivity index (χ1) is 11.6. The molecular formula is C18H29N3O3S. The van der Waals surface area contributed by atoms with Gasteiger partial charge in [-0.05, 0) is 43.4 Å². The van der Waals surface area contributed by atoms with Gasteiger partial charge in [0, 0.05) is 32.9 Å². The van der Waals surface area contributed by atoms with E-state index in [-0.39, 0.29) is 16.8 Å². The number of hydrogen-bond acceptors (Lipinski definition) is 4. The third-order valence-corrected chi connectivity index (χ3v) is 6.52. The summed E-state index contributed by atoms with van der Waals surface area (Å²) < 4.78 is 25.6. The smallest absolute Gasteiger partial charge is 0.242 e. The third-order valence-electron chi connectivity index (χ3n) is 4.70. The van der Waals surface area contributed by atoms with Gasteiger partial charge in [-0.2, -0.15) is 0 Å². The Morgan fingerprint density at radius 2 is 1.84 bits per heavy atom. The van der Waals surface area contributed by atoms with Crippen molar-refractivity contribution in [1.29, 1.82) is 0 Å². The van der Waals surface area contributed by atoms with Crippen LogP contribution in [0.25, 0.3) is 0 Å². The number of likely N-dealkylation sites (tertiary alicyclic amines) is 1. The molecule has 0 radical (unpaired) electrons. The van der Waals surface area contributed by atoms with E-state index in [4.69, 9.17) is 0 Å². The lowest BCUT2D eigenvalue weighted by Gasteiger charge is -2.38. The fourth-order valence-electron chi connectivity index (χ4n) is 3.39. The van der Waals surface area contributed by atoms with E-state index >= 15 is 0 Å². The summed E-state index contributed by atoms with van der Waals surface area (Å²) in [5.74, 6) is 1.04. The zero-order chi connectivity index (χ0) is 18.8. The van der Waals surface area contributed by atoms with Crippen LogP contribution in [0.2, 0.25) is 0 Å². The van der Waals surface area contributed by atoms with Crippen molar-refractivity contribution in [2.75, 3.05) is 32.5 Å². The first-order valence-corrected chi connectivity index (χ1v) is 10.1. The van der Waals surface area contributed by atoms with Crippen LogP contribution in [0.3, 0.4) is 0 Å². The summed E-state index contributed by atoms with van der Waals surface area (Å²) in [5.41, 5.74) is 0.498. The molecule has 1 fully saturated rings. The highest BCUT2D eigenvalue weighted by atomic mass is 32.2. The van der Waals surface area contributed by atoms with Gasteiger partial charge in [0.25, 0.3) is 0 Å². The fourth-order valence-corrected chi connectivity index (χ4v) is 4.33. The molecule has 1 N–H and O–H groups in total. The lowest BCUT2D eigenvalue weighted by atomic mass is 9.91. The second-order valence-corrected chi connectivity index (χ2v) is 9.53. The van der Waals surface area contributed by atoms with Crippen LogP contribution in [-0.4, -0.2) is 56.8 Å². The minimum absolute atomic E-state index is 0.110. The van der Waals surface area contributed by atoms with Gasteiger partial charge in [-0.3, -0.25) is 9.69 Å². The number of nitrogens with one attached hydrogen (secondary N) is 1. The van der Waals surface area contributed by atoms with Crippen molar-refractivity contribution in [3.63, 3.8) is 0 Å². The van der Waals surface area contributed by atoms with Gasteiger partial charge < -0.3 is 5.32 Å². The highest BCUT2D eigenvalue weighted by Crippen LogP contribution is 2.23. The number of piperidine rings is 1. The summed E-state index contributed by atoms with van der Waals surface area (Å²) in [4.78, 5) is 15.0. The number of carbonyl (C=O) groups is 1. The zero-order valence-electron chi connectivity index (χ0n) is 15.7. The van der Waals surface area contributed by atoms with E-state index in [1.807, 2.05) is 6.92 Å². The Hall–Kier alpha value is -1.44. The van der Waals surface area contributed by atoms with Crippen molar-refractivity contribution in [3.8, 4) is 0 Å². The number of hydrogen-bond donors (Lipinski definition) is 1. The molecular weight excluding hydrogens is 338 g/mol. The Morgan fingerprint density at radius 1 is 1.24 bits per heavy atom. The van der Waals surface area contributed by atoms with E-state index in [2.05, 4.69) is 24.1 Å². The van der Waals surface area contributed by atoms with Crippen LogP contribution in [0.5, 0.6) is 0 Å². The molecule has 0 spiro atoms. The molecule has 1 aliphatic heterocycles. The molecule has 1 heterocycles. The van der Waals surface area contributed by atoms with Crippen molar-refractivity contribution in [2.24, 2.45) is 11.8 Å².